The Bertz CT molecular complexity index is 1580. The lowest BCUT2D eigenvalue weighted by Crippen LogP contribution is -2.30. The number of hydrogen-bond acceptors (Lipinski definition) is 8. The van der Waals surface area contributed by atoms with Gasteiger partial charge in [0, 0.05) is 29.8 Å². The van der Waals surface area contributed by atoms with Crippen molar-refractivity contribution in [1.29, 1.82) is 0 Å². The summed E-state index contributed by atoms with van der Waals surface area (Å²) >= 11 is 0. The van der Waals surface area contributed by atoms with E-state index in [1.165, 1.54) is 35.1 Å². The Hall–Kier alpha value is -5.26. The molecule has 2 heterocycles. The molecule has 0 aliphatic carbocycles. The van der Waals surface area contributed by atoms with Crippen molar-refractivity contribution in [1.82, 2.24) is 14.8 Å². The number of amides is 2. The number of hydrazine groups is 1. The molecule has 41 heavy (non-hydrogen) atoms. The van der Waals surface area contributed by atoms with Gasteiger partial charge in [-0.05, 0) is 49.4 Å². The second kappa shape index (κ2) is 11.9. The maximum absolute atomic E-state index is 15.1. The molecule has 11 nitrogen and oxygen atoms in total. The molecule has 2 aromatic carbocycles. The highest BCUT2D eigenvalue weighted by Crippen LogP contribution is 2.30. The normalized spacial score (nSPS) is 11.0. The largest absolute Gasteiger partial charge is 0.462 e. The number of pyridine rings is 1. The first-order chi connectivity index (χ1) is 19.5. The predicted octanol–water partition coefficient (Wildman–Crippen LogP) is 4.76. The molecule has 0 saturated heterocycles. The number of esters is 1. The molecule has 4 aromatic rings. The first-order valence-corrected chi connectivity index (χ1v) is 12.6. The smallest absolute Gasteiger partial charge is 0.338 e. The van der Waals surface area contributed by atoms with Crippen LogP contribution in [0.5, 0.6) is 11.5 Å². The Labute approximate surface area is 235 Å². The van der Waals surface area contributed by atoms with E-state index in [0.717, 1.165) is 11.1 Å². The average molecular weight is 561 g/mol. The summed E-state index contributed by atoms with van der Waals surface area (Å²) in [4.78, 5) is 39.5. The first kappa shape index (κ1) is 28.7. The van der Waals surface area contributed by atoms with Gasteiger partial charge in [-0.2, -0.15) is 5.10 Å². The summed E-state index contributed by atoms with van der Waals surface area (Å²) in [7, 11) is 0. The number of nitrogens with zero attached hydrogens (tertiary/aromatic N) is 4. The zero-order valence-corrected chi connectivity index (χ0v) is 22.9. The molecule has 2 amide bonds. The third-order valence-corrected chi connectivity index (χ3v) is 5.84. The van der Waals surface area contributed by atoms with Gasteiger partial charge in [0.05, 0.1) is 29.2 Å². The van der Waals surface area contributed by atoms with Crippen molar-refractivity contribution in [2.24, 2.45) is 5.73 Å². The van der Waals surface area contributed by atoms with E-state index in [1.807, 2.05) is 20.8 Å². The van der Waals surface area contributed by atoms with Crippen LogP contribution in [-0.4, -0.2) is 39.7 Å². The SMILES string of the molecule is CCOC(=O)c1ccc(-n2nc(C(C)(C)C)cc2N(C=O)Nc2ccc(Oc3ccnc(C(N)=O)c3)cc2F)cc1. The van der Waals surface area contributed by atoms with E-state index in [1.54, 1.807) is 37.3 Å². The molecule has 4 rings (SSSR count). The van der Waals surface area contributed by atoms with Gasteiger partial charge >= 0.3 is 5.97 Å². The van der Waals surface area contributed by atoms with Crippen molar-refractivity contribution in [3.8, 4) is 17.2 Å². The standard InChI is InChI=1S/C29H29FN6O5/c1-5-40-28(39)18-6-8-19(9-7-18)36-26(16-25(34-36)29(2,3)4)35(17-37)33-23-11-10-20(14-22(23)30)41-21-12-13-32-24(15-21)27(31)38/h6-17,33H,5H2,1-4H3,(H2,31,38). The van der Waals surface area contributed by atoms with Crippen LogP contribution in [0.15, 0.2) is 66.9 Å². The minimum Gasteiger partial charge on any atom is -0.462 e. The highest BCUT2D eigenvalue weighted by Gasteiger charge is 2.24. The van der Waals surface area contributed by atoms with Gasteiger partial charge in [0.25, 0.3) is 5.91 Å². The molecule has 12 heteroatoms. The van der Waals surface area contributed by atoms with Crippen molar-refractivity contribution in [2.75, 3.05) is 17.0 Å². The van der Waals surface area contributed by atoms with Crippen LogP contribution in [0.1, 0.15) is 54.2 Å². The van der Waals surface area contributed by atoms with Gasteiger partial charge in [0.2, 0.25) is 6.41 Å². The molecular weight excluding hydrogens is 531 g/mol. The number of carbonyl (C=O) groups excluding carboxylic acids is 3. The number of hydrogen-bond donors (Lipinski definition) is 2. The number of nitrogens with two attached hydrogens (primary N) is 1. The molecule has 0 spiro atoms. The Morgan fingerprint density at radius 2 is 1.78 bits per heavy atom. The lowest BCUT2D eigenvalue weighted by Gasteiger charge is -2.21. The molecule has 0 saturated carbocycles. The van der Waals surface area contributed by atoms with Crippen LogP contribution in [0.3, 0.4) is 0 Å². The van der Waals surface area contributed by atoms with Crippen LogP contribution in [0.2, 0.25) is 0 Å². The summed E-state index contributed by atoms with van der Waals surface area (Å²) in [5, 5.41) is 5.78. The quantitative estimate of drug-likeness (QED) is 0.161. The van der Waals surface area contributed by atoms with Crippen molar-refractivity contribution in [2.45, 2.75) is 33.1 Å². The van der Waals surface area contributed by atoms with E-state index in [2.05, 4.69) is 15.5 Å². The highest BCUT2D eigenvalue weighted by atomic mass is 19.1. The van der Waals surface area contributed by atoms with Gasteiger partial charge in [-0.15, -0.1) is 0 Å². The fraction of sp³-hybridized carbons (Fsp3) is 0.207. The zero-order chi connectivity index (χ0) is 29.7. The number of primary amides is 1. The number of carbonyl (C=O) groups is 3. The predicted molar refractivity (Wildman–Crippen MR) is 150 cm³/mol. The summed E-state index contributed by atoms with van der Waals surface area (Å²) in [5.41, 5.74) is 9.25. The summed E-state index contributed by atoms with van der Waals surface area (Å²) in [6, 6.07) is 15.1. The second-order valence-electron chi connectivity index (χ2n) is 9.89. The third kappa shape index (κ3) is 6.67. The second-order valence-corrected chi connectivity index (χ2v) is 9.89. The minimum atomic E-state index is -0.723. The number of aromatic nitrogens is 3. The van der Waals surface area contributed by atoms with E-state index in [4.69, 9.17) is 15.2 Å². The fourth-order valence-electron chi connectivity index (χ4n) is 3.72. The number of rotatable bonds is 10. The molecule has 0 atom stereocenters. The number of nitrogens with one attached hydrogen (secondary N) is 1. The van der Waals surface area contributed by atoms with Crippen molar-refractivity contribution in [3.05, 3.63) is 89.6 Å². The van der Waals surface area contributed by atoms with E-state index >= 15 is 4.39 Å². The molecule has 2 aromatic heterocycles. The summed E-state index contributed by atoms with van der Waals surface area (Å²) in [6.45, 7) is 7.89. The van der Waals surface area contributed by atoms with E-state index in [0.29, 0.717) is 29.2 Å². The maximum Gasteiger partial charge on any atom is 0.338 e. The topological polar surface area (TPSA) is 142 Å². The fourth-order valence-corrected chi connectivity index (χ4v) is 3.72. The van der Waals surface area contributed by atoms with E-state index in [-0.39, 0.29) is 34.9 Å². The average Bonchev–Trinajstić information content (AvgIpc) is 3.39. The number of anilines is 2. The molecule has 0 radical (unpaired) electrons. The molecular formula is C29H29FN6O5. The Morgan fingerprint density at radius 1 is 1.07 bits per heavy atom. The maximum atomic E-state index is 15.1. The molecule has 0 bridgehead atoms. The van der Waals surface area contributed by atoms with Crippen LogP contribution >= 0.6 is 0 Å². The van der Waals surface area contributed by atoms with Gasteiger partial charge in [-0.1, -0.05) is 20.8 Å². The first-order valence-electron chi connectivity index (χ1n) is 12.6. The van der Waals surface area contributed by atoms with Gasteiger partial charge < -0.3 is 15.2 Å². The van der Waals surface area contributed by atoms with Crippen LogP contribution < -0.4 is 20.9 Å². The number of ether oxygens (including phenoxy) is 2. The molecule has 0 aliphatic heterocycles. The van der Waals surface area contributed by atoms with Crippen LogP contribution in [0, 0.1) is 5.82 Å². The third-order valence-electron chi connectivity index (χ3n) is 5.84. The van der Waals surface area contributed by atoms with Crippen molar-refractivity contribution in [3.63, 3.8) is 0 Å². The van der Waals surface area contributed by atoms with Gasteiger partial charge in [0.15, 0.2) is 11.6 Å². The van der Waals surface area contributed by atoms with Crippen LogP contribution in [0.4, 0.5) is 15.9 Å². The van der Waals surface area contributed by atoms with Crippen molar-refractivity contribution >= 4 is 29.8 Å². The Morgan fingerprint density at radius 3 is 2.39 bits per heavy atom. The molecule has 212 valence electrons. The Kier molecular flexibility index (Phi) is 8.32. The van der Waals surface area contributed by atoms with Gasteiger partial charge in [-0.3, -0.25) is 20.0 Å². The summed E-state index contributed by atoms with van der Waals surface area (Å²) < 4.78 is 27.3. The lowest BCUT2D eigenvalue weighted by molar-refractivity contribution is -0.107. The van der Waals surface area contributed by atoms with Gasteiger partial charge in [-0.25, -0.2) is 18.9 Å². The minimum absolute atomic E-state index is 0.00431. The highest BCUT2D eigenvalue weighted by molar-refractivity contribution is 5.91. The number of benzene rings is 2. The summed E-state index contributed by atoms with van der Waals surface area (Å²) in [5.74, 6) is -1.18. The molecule has 0 unspecified atom stereocenters. The molecule has 3 N–H and O–H groups in total. The summed E-state index contributed by atoms with van der Waals surface area (Å²) in [6.07, 6.45) is 1.85. The van der Waals surface area contributed by atoms with E-state index < -0.39 is 17.7 Å². The van der Waals surface area contributed by atoms with Crippen LogP contribution in [0.25, 0.3) is 5.69 Å². The lowest BCUT2D eigenvalue weighted by atomic mass is 9.92. The van der Waals surface area contributed by atoms with Crippen molar-refractivity contribution < 1.29 is 28.2 Å². The van der Waals surface area contributed by atoms with E-state index in [9.17, 15) is 14.4 Å². The zero-order valence-electron chi connectivity index (χ0n) is 22.9. The molecule has 0 aliphatic rings. The molecule has 0 fully saturated rings. The van der Waals surface area contributed by atoms with Gasteiger partial charge in [0.1, 0.15) is 17.2 Å². The van der Waals surface area contributed by atoms with Crippen LogP contribution in [-0.2, 0) is 14.9 Å². The Balaban J connectivity index is 1.62. The monoisotopic (exact) mass is 560 g/mol. The number of halogens is 1.